The lowest BCUT2D eigenvalue weighted by molar-refractivity contribution is -0.163. The number of carbonyl (C=O) groups is 2. The minimum atomic E-state index is -0.314. The predicted octanol–water partition coefficient (Wildman–Crippen LogP) is 6.31. The Hall–Kier alpha value is -1.06. The molecule has 2 unspecified atom stereocenters. The fraction of sp³-hybridized carbons (Fsp3) is 0.917. The first kappa shape index (κ1) is 25.0. The molecule has 0 heterocycles. The number of hydrogen-bond acceptors (Lipinski definition) is 4. The van der Waals surface area contributed by atoms with Gasteiger partial charge in [0, 0.05) is 0 Å². The van der Waals surface area contributed by atoms with Crippen LogP contribution in [0.2, 0.25) is 0 Å². The molecule has 1 saturated carbocycles. The average Bonchev–Trinajstić information content (AvgIpc) is 2.67. The quantitative estimate of drug-likeness (QED) is 0.255. The number of ether oxygens (including phenoxy) is 2. The molecule has 0 aromatic carbocycles. The highest BCUT2D eigenvalue weighted by molar-refractivity contribution is 5.82. The van der Waals surface area contributed by atoms with Gasteiger partial charge in [-0.1, -0.05) is 85.5 Å². The molecular formula is C24H44O4. The lowest BCUT2D eigenvalue weighted by atomic mass is 9.79. The summed E-state index contributed by atoms with van der Waals surface area (Å²) in [6.07, 6.45) is 13.3. The molecule has 0 saturated heterocycles. The van der Waals surface area contributed by atoms with Crippen LogP contribution in [-0.4, -0.2) is 25.2 Å². The van der Waals surface area contributed by atoms with Crippen LogP contribution in [-0.2, 0) is 19.1 Å². The second-order valence-corrected chi connectivity index (χ2v) is 9.35. The molecule has 4 heteroatoms. The van der Waals surface area contributed by atoms with Crippen LogP contribution < -0.4 is 0 Å². The van der Waals surface area contributed by atoms with Gasteiger partial charge in [-0.3, -0.25) is 9.59 Å². The van der Waals surface area contributed by atoms with Crippen molar-refractivity contribution in [3.05, 3.63) is 0 Å². The molecule has 1 aliphatic rings. The lowest BCUT2D eigenvalue weighted by Gasteiger charge is -2.28. The van der Waals surface area contributed by atoms with Crippen LogP contribution in [0.15, 0.2) is 0 Å². The third kappa shape index (κ3) is 11.1. The van der Waals surface area contributed by atoms with Crippen molar-refractivity contribution < 1.29 is 19.1 Å². The van der Waals surface area contributed by atoms with Gasteiger partial charge in [0.2, 0.25) is 0 Å². The molecule has 4 nitrogen and oxygen atoms in total. The molecule has 28 heavy (non-hydrogen) atoms. The SMILES string of the molecule is CC(C)CCCCCCCCCOC(=O)C1CCCCC1C(=O)OCC(C)C. The van der Waals surface area contributed by atoms with Gasteiger partial charge in [-0.15, -0.1) is 0 Å². The van der Waals surface area contributed by atoms with E-state index in [-0.39, 0.29) is 23.8 Å². The summed E-state index contributed by atoms with van der Waals surface area (Å²) in [5, 5.41) is 0. The molecular weight excluding hydrogens is 352 g/mol. The number of hydrogen-bond donors (Lipinski definition) is 0. The van der Waals surface area contributed by atoms with E-state index in [1.54, 1.807) is 0 Å². The fourth-order valence-electron chi connectivity index (χ4n) is 3.87. The van der Waals surface area contributed by atoms with Gasteiger partial charge in [0.1, 0.15) is 0 Å². The Kier molecular flexibility index (Phi) is 13.3. The van der Waals surface area contributed by atoms with Crippen molar-refractivity contribution in [2.45, 2.75) is 105 Å². The number of carbonyl (C=O) groups excluding carboxylic acids is 2. The summed E-state index contributed by atoms with van der Waals surface area (Å²) in [4.78, 5) is 24.8. The van der Waals surface area contributed by atoms with Crippen LogP contribution in [0.5, 0.6) is 0 Å². The van der Waals surface area contributed by atoms with E-state index in [1.165, 1.54) is 38.5 Å². The van der Waals surface area contributed by atoms with Crippen LogP contribution in [0.25, 0.3) is 0 Å². The standard InChI is InChI=1S/C24H44O4/c1-19(2)14-10-8-6-5-7-9-13-17-27-23(25)21-15-11-12-16-22(21)24(26)28-18-20(3)4/h19-22H,5-18H2,1-4H3. The Labute approximate surface area is 173 Å². The zero-order valence-corrected chi connectivity index (χ0v) is 18.8. The van der Waals surface area contributed by atoms with Crippen LogP contribution >= 0.6 is 0 Å². The zero-order valence-electron chi connectivity index (χ0n) is 18.8. The van der Waals surface area contributed by atoms with Crippen LogP contribution in [0.4, 0.5) is 0 Å². The predicted molar refractivity (Wildman–Crippen MR) is 114 cm³/mol. The topological polar surface area (TPSA) is 52.6 Å². The van der Waals surface area contributed by atoms with Gasteiger partial charge in [0.25, 0.3) is 0 Å². The number of rotatable bonds is 14. The van der Waals surface area contributed by atoms with Gasteiger partial charge in [0.15, 0.2) is 0 Å². The zero-order chi connectivity index (χ0) is 20.8. The molecule has 0 bridgehead atoms. The van der Waals surface area contributed by atoms with Crippen molar-refractivity contribution in [1.29, 1.82) is 0 Å². The molecule has 1 rings (SSSR count). The molecule has 0 aromatic rings. The molecule has 2 atom stereocenters. The van der Waals surface area contributed by atoms with E-state index in [1.807, 2.05) is 13.8 Å². The molecule has 0 aromatic heterocycles. The fourth-order valence-corrected chi connectivity index (χ4v) is 3.87. The minimum Gasteiger partial charge on any atom is -0.465 e. The Morgan fingerprint density at radius 3 is 1.75 bits per heavy atom. The first-order valence-corrected chi connectivity index (χ1v) is 11.7. The minimum absolute atomic E-state index is 0.195. The largest absolute Gasteiger partial charge is 0.465 e. The second-order valence-electron chi connectivity index (χ2n) is 9.35. The maximum atomic E-state index is 12.5. The maximum Gasteiger partial charge on any atom is 0.309 e. The Balaban J connectivity index is 2.16. The van der Waals surface area contributed by atoms with Crippen LogP contribution in [0.3, 0.4) is 0 Å². The van der Waals surface area contributed by atoms with Crippen molar-refractivity contribution in [2.75, 3.05) is 13.2 Å². The average molecular weight is 397 g/mol. The first-order chi connectivity index (χ1) is 13.4. The third-order valence-electron chi connectivity index (χ3n) is 5.60. The van der Waals surface area contributed by atoms with Gasteiger partial charge < -0.3 is 9.47 Å². The Morgan fingerprint density at radius 1 is 0.714 bits per heavy atom. The second kappa shape index (κ2) is 14.9. The van der Waals surface area contributed by atoms with Crippen molar-refractivity contribution in [1.82, 2.24) is 0 Å². The van der Waals surface area contributed by atoms with Gasteiger partial charge in [-0.2, -0.15) is 0 Å². The molecule has 0 amide bonds. The molecule has 0 radical (unpaired) electrons. The smallest absolute Gasteiger partial charge is 0.309 e. The summed E-state index contributed by atoms with van der Waals surface area (Å²) in [6.45, 7) is 9.51. The summed E-state index contributed by atoms with van der Waals surface area (Å²) >= 11 is 0. The van der Waals surface area contributed by atoms with Crippen LogP contribution in [0, 0.1) is 23.7 Å². The molecule has 164 valence electrons. The summed E-state index contributed by atoms with van der Waals surface area (Å²) in [5.41, 5.74) is 0. The Morgan fingerprint density at radius 2 is 1.21 bits per heavy atom. The normalized spacial score (nSPS) is 19.8. The van der Waals surface area contributed by atoms with Crippen molar-refractivity contribution in [2.24, 2.45) is 23.7 Å². The first-order valence-electron chi connectivity index (χ1n) is 11.7. The summed E-state index contributed by atoms with van der Waals surface area (Å²) < 4.78 is 10.9. The highest BCUT2D eigenvalue weighted by Crippen LogP contribution is 2.32. The van der Waals surface area contributed by atoms with E-state index in [9.17, 15) is 9.59 Å². The van der Waals surface area contributed by atoms with E-state index < -0.39 is 0 Å². The van der Waals surface area contributed by atoms with Crippen molar-refractivity contribution in [3.63, 3.8) is 0 Å². The molecule has 0 spiro atoms. The number of unbranched alkanes of at least 4 members (excludes halogenated alkanes) is 6. The molecule has 0 N–H and O–H groups in total. The third-order valence-corrected chi connectivity index (χ3v) is 5.60. The van der Waals surface area contributed by atoms with Crippen molar-refractivity contribution >= 4 is 11.9 Å². The van der Waals surface area contributed by atoms with Gasteiger partial charge in [0.05, 0.1) is 25.0 Å². The molecule has 1 fully saturated rings. The highest BCUT2D eigenvalue weighted by atomic mass is 16.5. The van der Waals surface area contributed by atoms with Gasteiger partial charge in [-0.25, -0.2) is 0 Å². The van der Waals surface area contributed by atoms with E-state index in [0.717, 1.165) is 44.4 Å². The van der Waals surface area contributed by atoms with Crippen molar-refractivity contribution in [3.8, 4) is 0 Å². The van der Waals surface area contributed by atoms with Gasteiger partial charge >= 0.3 is 11.9 Å². The van der Waals surface area contributed by atoms with E-state index in [2.05, 4.69) is 13.8 Å². The van der Waals surface area contributed by atoms with Crippen LogP contribution in [0.1, 0.15) is 105 Å². The van der Waals surface area contributed by atoms with E-state index in [4.69, 9.17) is 9.47 Å². The lowest BCUT2D eigenvalue weighted by Crippen LogP contribution is -2.35. The monoisotopic (exact) mass is 396 g/mol. The summed E-state index contributed by atoms with van der Waals surface area (Å²) in [5.74, 6) is 0.0940. The molecule has 1 aliphatic carbocycles. The van der Waals surface area contributed by atoms with Gasteiger partial charge in [-0.05, 0) is 31.1 Å². The Bertz CT molecular complexity index is 430. The summed E-state index contributed by atoms with van der Waals surface area (Å²) in [7, 11) is 0. The highest BCUT2D eigenvalue weighted by Gasteiger charge is 2.37. The van der Waals surface area contributed by atoms with E-state index >= 15 is 0 Å². The molecule has 0 aliphatic heterocycles. The van der Waals surface area contributed by atoms with E-state index in [0.29, 0.717) is 19.1 Å². The number of esters is 2. The maximum absolute atomic E-state index is 12.5. The summed E-state index contributed by atoms with van der Waals surface area (Å²) in [6, 6.07) is 0.